The fourth-order valence-corrected chi connectivity index (χ4v) is 2.63. The van der Waals surface area contributed by atoms with E-state index in [4.69, 9.17) is 5.73 Å². The Balaban J connectivity index is 2.11. The van der Waals surface area contributed by atoms with Crippen molar-refractivity contribution >= 4 is 17.3 Å². The molecule has 5 nitrogen and oxygen atoms in total. The number of nitrogens with zero attached hydrogens (tertiary/aromatic N) is 2. The highest BCUT2D eigenvalue weighted by molar-refractivity contribution is 5.96. The van der Waals surface area contributed by atoms with Gasteiger partial charge < -0.3 is 16.0 Å². The number of piperazine rings is 1. The van der Waals surface area contributed by atoms with Gasteiger partial charge in [0.2, 0.25) is 0 Å². The maximum atomic E-state index is 11.7. The number of anilines is 2. The van der Waals surface area contributed by atoms with Gasteiger partial charge in [0.05, 0.1) is 11.4 Å². The number of amides is 1. The predicted octanol–water partition coefficient (Wildman–Crippen LogP) is 1.16. The van der Waals surface area contributed by atoms with E-state index in [2.05, 4.69) is 22.0 Å². The summed E-state index contributed by atoms with van der Waals surface area (Å²) in [6.45, 7) is 7.39. The Hall–Kier alpha value is -1.75. The fraction of sp³-hybridized carbons (Fsp3) is 0.533. The fourth-order valence-electron chi connectivity index (χ4n) is 2.63. The van der Waals surface area contributed by atoms with E-state index >= 15 is 0 Å². The lowest BCUT2D eigenvalue weighted by molar-refractivity contribution is 0.0963. The van der Waals surface area contributed by atoms with Crippen LogP contribution in [0.4, 0.5) is 11.4 Å². The molecule has 20 heavy (non-hydrogen) atoms. The van der Waals surface area contributed by atoms with Crippen molar-refractivity contribution in [3.8, 4) is 0 Å². The molecule has 0 spiro atoms. The molecule has 1 fully saturated rings. The van der Waals surface area contributed by atoms with Crippen molar-refractivity contribution in [3.63, 3.8) is 0 Å². The number of hydrogen-bond donors (Lipinski definition) is 2. The lowest BCUT2D eigenvalue weighted by Gasteiger charge is -2.36. The number of rotatable bonds is 4. The Morgan fingerprint density at radius 1 is 1.30 bits per heavy atom. The van der Waals surface area contributed by atoms with Crippen molar-refractivity contribution in [2.75, 3.05) is 50.4 Å². The second-order valence-corrected chi connectivity index (χ2v) is 5.18. The SMILES string of the molecule is CCCN1CCN(c2cc(C(=O)NC)ccc2N)CC1. The van der Waals surface area contributed by atoms with Crippen molar-refractivity contribution in [2.45, 2.75) is 13.3 Å². The van der Waals surface area contributed by atoms with Crippen LogP contribution in [0.2, 0.25) is 0 Å². The first-order chi connectivity index (χ1) is 9.65. The third-order valence-electron chi connectivity index (χ3n) is 3.77. The number of carbonyl (C=O) groups excluding carboxylic acids is 1. The molecule has 1 aliphatic rings. The van der Waals surface area contributed by atoms with E-state index in [1.54, 1.807) is 13.1 Å². The summed E-state index contributed by atoms with van der Waals surface area (Å²) in [4.78, 5) is 16.5. The molecule has 5 heteroatoms. The number of carbonyl (C=O) groups is 1. The lowest BCUT2D eigenvalue weighted by Crippen LogP contribution is -2.46. The van der Waals surface area contributed by atoms with E-state index in [0.29, 0.717) is 5.56 Å². The summed E-state index contributed by atoms with van der Waals surface area (Å²) in [6.07, 6.45) is 1.19. The highest BCUT2D eigenvalue weighted by Crippen LogP contribution is 2.25. The van der Waals surface area contributed by atoms with Gasteiger partial charge in [0, 0.05) is 38.8 Å². The van der Waals surface area contributed by atoms with Crippen LogP contribution in [0.1, 0.15) is 23.7 Å². The first kappa shape index (κ1) is 14.7. The van der Waals surface area contributed by atoms with Crippen LogP contribution >= 0.6 is 0 Å². The molecule has 0 bridgehead atoms. The Morgan fingerprint density at radius 3 is 2.60 bits per heavy atom. The van der Waals surface area contributed by atoms with Gasteiger partial charge in [-0.15, -0.1) is 0 Å². The average molecular weight is 276 g/mol. The van der Waals surface area contributed by atoms with Crippen LogP contribution in [0.5, 0.6) is 0 Å². The number of nitrogens with two attached hydrogens (primary N) is 1. The van der Waals surface area contributed by atoms with Gasteiger partial charge in [0.1, 0.15) is 0 Å². The van der Waals surface area contributed by atoms with Crippen molar-refractivity contribution < 1.29 is 4.79 Å². The first-order valence-electron chi connectivity index (χ1n) is 7.24. The summed E-state index contributed by atoms with van der Waals surface area (Å²) in [5.41, 5.74) is 8.44. The summed E-state index contributed by atoms with van der Waals surface area (Å²) in [6, 6.07) is 5.48. The number of hydrogen-bond acceptors (Lipinski definition) is 4. The Morgan fingerprint density at radius 2 is 2.00 bits per heavy atom. The Kier molecular flexibility index (Phi) is 4.84. The van der Waals surface area contributed by atoms with E-state index in [0.717, 1.165) is 44.1 Å². The Bertz CT molecular complexity index is 467. The van der Waals surface area contributed by atoms with E-state index in [1.165, 1.54) is 6.42 Å². The van der Waals surface area contributed by atoms with Crippen LogP contribution in [-0.2, 0) is 0 Å². The topological polar surface area (TPSA) is 61.6 Å². The minimum Gasteiger partial charge on any atom is -0.397 e. The van der Waals surface area contributed by atoms with Crippen LogP contribution < -0.4 is 16.0 Å². The van der Waals surface area contributed by atoms with Gasteiger partial charge in [-0.1, -0.05) is 6.92 Å². The van der Waals surface area contributed by atoms with Crippen LogP contribution in [0.3, 0.4) is 0 Å². The summed E-state index contributed by atoms with van der Waals surface area (Å²) in [5, 5.41) is 2.65. The smallest absolute Gasteiger partial charge is 0.251 e. The van der Waals surface area contributed by atoms with E-state index in [-0.39, 0.29) is 5.91 Å². The van der Waals surface area contributed by atoms with Gasteiger partial charge in [-0.25, -0.2) is 0 Å². The third kappa shape index (κ3) is 3.22. The molecule has 2 rings (SSSR count). The van der Waals surface area contributed by atoms with Gasteiger partial charge in [-0.2, -0.15) is 0 Å². The minimum absolute atomic E-state index is 0.0733. The average Bonchev–Trinajstić information content (AvgIpc) is 2.48. The van der Waals surface area contributed by atoms with E-state index in [9.17, 15) is 4.79 Å². The van der Waals surface area contributed by atoms with Gasteiger partial charge >= 0.3 is 0 Å². The second kappa shape index (κ2) is 6.61. The molecule has 0 atom stereocenters. The zero-order valence-corrected chi connectivity index (χ0v) is 12.4. The van der Waals surface area contributed by atoms with Crippen LogP contribution in [-0.4, -0.2) is 50.6 Å². The molecular formula is C15H24N4O. The quantitative estimate of drug-likeness (QED) is 0.810. The maximum Gasteiger partial charge on any atom is 0.251 e. The summed E-state index contributed by atoms with van der Waals surface area (Å²) in [5.74, 6) is -0.0733. The molecule has 0 aromatic heterocycles. The van der Waals surface area contributed by atoms with E-state index in [1.807, 2.05) is 12.1 Å². The normalized spacial score (nSPS) is 16.2. The van der Waals surface area contributed by atoms with Gasteiger partial charge in [0.15, 0.2) is 0 Å². The highest BCUT2D eigenvalue weighted by atomic mass is 16.1. The van der Waals surface area contributed by atoms with Crippen LogP contribution in [0.25, 0.3) is 0 Å². The maximum absolute atomic E-state index is 11.7. The zero-order valence-electron chi connectivity index (χ0n) is 12.4. The molecule has 3 N–H and O–H groups in total. The molecule has 1 heterocycles. The molecule has 110 valence electrons. The monoisotopic (exact) mass is 276 g/mol. The third-order valence-corrected chi connectivity index (χ3v) is 3.77. The number of benzene rings is 1. The van der Waals surface area contributed by atoms with Crippen molar-refractivity contribution in [3.05, 3.63) is 23.8 Å². The Labute approximate surface area is 120 Å². The van der Waals surface area contributed by atoms with Crippen molar-refractivity contribution in [1.29, 1.82) is 0 Å². The van der Waals surface area contributed by atoms with Gasteiger partial charge in [-0.3, -0.25) is 9.69 Å². The summed E-state index contributed by atoms with van der Waals surface area (Å²) < 4.78 is 0. The molecular weight excluding hydrogens is 252 g/mol. The number of nitrogen functional groups attached to an aromatic ring is 1. The molecule has 1 aromatic rings. The molecule has 1 amide bonds. The predicted molar refractivity (Wildman–Crippen MR) is 83.2 cm³/mol. The molecule has 0 radical (unpaired) electrons. The van der Waals surface area contributed by atoms with Crippen molar-refractivity contribution in [2.24, 2.45) is 0 Å². The second-order valence-electron chi connectivity index (χ2n) is 5.18. The van der Waals surface area contributed by atoms with Gasteiger partial charge in [0.25, 0.3) is 5.91 Å². The molecule has 1 saturated heterocycles. The number of nitrogens with one attached hydrogen (secondary N) is 1. The molecule has 0 unspecified atom stereocenters. The summed E-state index contributed by atoms with van der Waals surface area (Å²) in [7, 11) is 1.64. The molecule has 0 saturated carbocycles. The van der Waals surface area contributed by atoms with Gasteiger partial charge in [-0.05, 0) is 31.2 Å². The molecule has 0 aliphatic carbocycles. The zero-order chi connectivity index (χ0) is 14.5. The largest absolute Gasteiger partial charge is 0.397 e. The summed E-state index contributed by atoms with van der Waals surface area (Å²) >= 11 is 0. The van der Waals surface area contributed by atoms with E-state index < -0.39 is 0 Å². The van der Waals surface area contributed by atoms with Crippen LogP contribution in [0.15, 0.2) is 18.2 Å². The first-order valence-corrected chi connectivity index (χ1v) is 7.24. The lowest BCUT2D eigenvalue weighted by atomic mass is 10.1. The van der Waals surface area contributed by atoms with Crippen LogP contribution in [0, 0.1) is 0 Å². The standard InChI is InChI=1S/C15H24N4O/c1-3-6-18-7-9-19(10-8-18)14-11-12(15(20)17-2)4-5-13(14)16/h4-5,11H,3,6-10,16H2,1-2H3,(H,17,20). The molecule has 1 aliphatic heterocycles. The molecule has 1 aromatic carbocycles. The minimum atomic E-state index is -0.0733. The van der Waals surface area contributed by atoms with Crippen molar-refractivity contribution in [1.82, 2.24) is 10.2 Å². The highest BCUT2D eigenvalue weighted by Gasteiger charge is 2.19.